The third kappa shape index (κ3) is 5.30. The highest BCUT2D eigenvalue weighted by Crippen LogP contribution is 2.38. The molecule has 0 aliphatic heterocycles. The van der Waals surface area contributed by atoms with Crippen molar-refractivity contribution >= 4 is 43.4 Å². The van der Waals surface area contributed by atoms with E-state index in [-0.39, 0.29) is 0 Å². The maximum absolute atomic E-state index is 5.34. The summed E-state index contributed by atoms with van der Waals surface area (Å²) >= 11 is 0. The van der Waals surface area contributed by atoms with E-state index in [1.165, 1.54) is 44.2 Å². The molecule has 0 spiro atoms. The van der Waals surface area contributed by atoms with Crippen LogP contribution in [0.3, 0.4) is 0 Å². The first-order chi connectivity index (χ1) is 25.7. The van der Waals surface area contributed by atoms with Gasteiger partial charge < -0.3 is 0 Å². The first-order valence-corrected chi connectivity index (χ1v) is 17.7. The maximum Gasteiger partial charge on any atom is 0.0788 e. The molecule has 2 heterocycles. The van der Waals surface area contributed by atoms with Crippen molar-refractivity contribution in [1.29, 1.82) is 0 Å². The number of fused-ring (bicyclic) bond motifs is 6. The Hall–Kier alpha value is -6.90. The van der Waals surface area contributed by atoms with Gasteiger partial charge in [0.2, 0.25) is 0 Å². The van der Waals surface area contributed by atoms with Crippen molar-refractivity contribution in [3.05, 3.63) is 194 Å². The van der Waals surface area contributed by atoms with Crippen molar-refractivity contribution in [3.8, 4) is 55.9 Å². The van der Waals surface area contributed by atoms with Gasteiger partial charge >= 0.3 is 0 Å². The number of nitrogens with zero attached hydrogens (tertiary/aromatic N) is 2. The van der Waals surface area contributed by atoms with Crippen molar-refractivity contribution < 1.29 is 0 Å². The highest BCUT2D eigenvalue weighted by molar-refractivity contribution is 6.12. The molecule has 242 valence electrons. The van der Waals surface area contributed by atoms with Gasteiger partial charge in [-0.05, 0) is 74.5 Å². The van der Waals surface area contributed by atoms with Crippen LogP contribution in [0.4, 0.5) is 0 Å². The van der Waals surface area contributed by atoms with Gasteiger partial charge in [0, 0.05) is 32.7 Å². The molecule has 10 aromatic rings. The summed E-state index contributed by atoms with van der Waals surface area (Å²) in [6, 6.07) is 69.2. The Morgan fingerprint density at radius 1 is 0.250 bits per heavy atom. The Morgan fingerprint density at radius 3 is 1.31 bits per heavy atom. The highest BCUT2D eigenvalue weighted by Gasteiger charge is 2.13. The van der Waals surface area contributed by atoms with Crippen LogP contribution >= 0.6 is 0 Å². The van der Waals surface area contributed by atoms with Crippen LogP contribution in [0.15, 0.2) is 194 Å². The Bertz CT molecular complexity index is 2920. The molecule has 0 atom stereocenters. The molecular weight excluding hydrogens is 629 g/mol. The predicted molar refractivity (Wildman–Crippen MR) is 219 cm³/mol. The zero-order valence-corrected chi connectivity index (χ0v) is 28.4. The third-order valence-corrected chi connectivity index (χ3v) is 10.2. The number of aromatic nitrogens is 2. The summed E-state index contributed by atoms with van der Waals surface area (Å²) < 4.78 is 0. The molecule has 0 aliphatic carbocycles. The molecule has 0 unspecified atom stereocenters. The number of benzene rings is 8. The van der Waals surface area contributed by atoms with Crippen molar-refractivity contribution in [1.82, 2.24) is 9.97 Å². The number of hydrogen-bond acceptors (Lipinski definition) is 2. The molecule has 0 saturated carbocycles. The van der Waals surface area contributed by atoms with Crippen LogP contribution in [-0.2, 0) is 0 Å². The summed E-state index contributed by atoms with van der Waals surface area (Å²) in [4.78, 5) is 10.6. The van der Waals surface area contributed by atoms with Gasteiger partial charge in [0.1, 0.15) is 0 Å². The van der Waals surface area contributed by atoms with Crippen LogP contribution in [0.1, 0.15) is 0 Å². The fourth-order valence-corrected chi connectivity index (χ4v) is 7.53. The van der Waals surface area contributed by atoms with E-state index < -0.39 is 0 Å². The molecule has 0 N–H and O–H groups in total. The minimum Gasteiger partial charge on any atom is -0.247 e. The molecule has 0 bridgehead atoms. The van der Waals surface area contributed by atoms with Gasteiger partial charge in [-0.25, -0.2) is 9.97 Å². The van der Waals surface area contributed by atoms with Crippen LogP contribution in [0, 0.1) is 0 Å². The lowest BCUT2D eigenvalue weighted by molar-refractivity contribution is 1.39. The standard InChI is InChI=1S/C50H32N2/c1-4-10-33(11-5-1)41-23-17-36-16-22-39-25-28-47(51-49(39)45(36)30-41)37-18-20-38(21-19-37)48-29-26-40-24-27-43-44(35-14-8-3-9-15-35)31-42(32-46(43)50(40)52-48)34-12-6-2-7-13-34/h1-32H. The second kappa shape index (κ2) is 12.5. The SMILES string of the molecule is c1ccc(-c2ccc3ccc4ccc(-c5ccc(-c6ccc7ccc8c(-c9ccccc9)cc(-c9ccccc9)cc8c7n6)cc5)nc4c3c2)cc1. The Labute approximate surface area is 302 Å². The zero-order valence-electron chi connectivity index (χ0n) is 28.4. The fraction of sp³-hybridized carbons (Fsp3) is 0. The van der Waals surface area contributed by atoms with Gasteiger partial charge in [-0.2, -0.15) is 0 Å². The normalized spacial score (nSPS) is 11.5. The van der Waals surface area contributed by atoms with Gasteiger partial charge in [0.25, 0.3) is 0 Å². The third-order valence-electron chi connectivity index (χ3n) is 10.2. The smallest absolute Gasteiger partial charge is 0.0788 e. The minimum absolute atomic E-state index is 0.948. The van der Waals surface area contributed by atoms with Crippen molar-refractivity contribution in [3.63, 3.8) is 0 Å². The molecular formula is C50H32N2. The first-order valence-electron chi connectivity index (χ1n) is 17.7. The number of hydrogen-bond donors (Lipinski definition) is 0. The average Bonchev–Trinajstić information content (AvgIpc) is 3.23. The molecule has 8 aromatic carbocycles. The molecule has 0 amide bonds. The lowest BCUT2D eigenvalue weighted by Crippen LogP contribution is -1.91. The monoisotopic (exact) mass is 660 g/mol. The van der Waals surface area contributed by atoms with Crippen molar-refractivity contribution in [2.24, 2.45) is 0 Å². The van der Waals surface area contributed by atoms with E-state index in [1.54, 1.807) is 0 Å². The van der Waals surface area contributed by atoms with Crippen LogP contribution in [0.5, 0.6) is 0 Å². The van der Waals surface area contributed by atoms with Crippen LogP contribution < -0.4 is 0 Å². The predicted octanol–water partition coefficient (Wildman–Crippen LogP) is 13.4. The van der Waals surface area contributed by atoms with E-state index in [9.17, 15) is 0 Å². The molecule has 2 aromatic heterocycles. The molecule has 2 heteroatoms. The van der Waals surface area contributed by atoms with Gasteiger partial charge in [0.05, 0.1) is 22.4 Å². The van der Waals surface area contributed by atoms with Crippen LogP contribution in [-0.4, -0.2) is 9.97 Å². The summed E-state index contributed by atoms with van der Waals surface area (Å²) in [7, 11) is 0. The summed E-state index contributed by atoms with van der Waals surface area (Å²) in [5, 5.41) is 6.96. The lowest BCUT2D eigenvalue weighted by atomic mass is 9.91. The quantitative estimate of drug-likeness (QED) is 0.172. The van der Waals surface area contributed by atoms with E-state index in [4.69, 9.17) is 9.97 Å². The summed E-state index contributed by atoms with van der Waals surface area (Å²) in [6.45, 7) is 0. The van der Waals surface area contributed by atoms with Crippen molar-refractivity contribution in [2.45, 2.75) is 0 Å². The van der Waals surface area contributed by atoms with Gasteiger partial charge in [-0.1, -0.05) is 164 Å². The molecule has 2 nitrogen and oxygen atoms in total. The Balaban J connectivity index is 1.06. The van der Waals surface area contributed by atoms with Crippen LogP contribution in [0.25, 0.3) is 99.2 Å². The minimum atomic E-state index is 0.948. The molecule has 0 radical (unpaired) electrons. The second-order valence-corrected chi connectivity index (χ2v) is 13.4. The van der Waals surface area contributed by atoms with E-state index in [0.717, 1.165) is 55.1 Å². The summed E-state index contributed by atoms with van der Waals surface area (Å²) in [6.07, 6.45) is 0. The molecule has 0 fully saturated rings. The van der Waals surface area contributed by atoms with Gasteiger partial charge in [-0.15, -0.1) is 0 Å². The van der Waals surface area contributed by atoms with E-state index >= 15 is 0 Å². The maximum atomic E-state index is 5.34. The lowest BCUT2D eigenvalue weighted by Gasteiger charge is -2.14. The van der Waals surface area contributed by atoms with Crippen molar-refractivity contribution in [2.75, 3.05) is 0 Å². The van der Waals surface area contributed by atoms with E-state index in [1.807, 2.05) is 0 Å². The molecule has 10 rings (SSSR count). The van der Waals surface area contributed by atoms with E-state index in [0.29, 0.717) is 0 Å². The summed E-state index contributed by atoms with van der Waals surface area (Å²) in [5.41, 5.74) is 13.3. The van der Waals surface area contributed by atoms with Gasteiger partial charge in [-0.3, -0.25) is 0 Å². The van der Waals surface area contributed by atoms with Gasteiger partial charge in [0.15, 0.2) is 0 Å². The fourth-order valence-electron chi connectivity index (χ4n) is 7.53. The second-order valence-electron chi connectivity index (χ2n) is 13.4. The Kier molecular flexibility index (Phi) is 7.18. The number of rotatable bonds is 5. The zero-order chi connectivity index (χ0) is 34.4. The highest BCUT2D eigenvalue weighted by atomic mass is 14.7. The van der Waals surface area contributed by atoms with E-state index in [2.05, 4.69) is 194 Å². The Morgan fingerprint density at radius 2 is 0.692 bits per heavy atom. The molecule has 0 saturated heterocycles. The van der Waals surface area contributed by atoms with Crippen LogP contribution in [0.2, 0.25) is 0 Å². The topological polar surface area (TPSA) is 25.8 Å². The molecule has 52 heavy (non-hydrogen) atoms. The largest absolute Gasteiger partial charge is 0.247 e. The first kappa shape index (κ1) is 30.0. The number of pyridine rings is 2. The molecule has 0 aliphatic rings. The summed E-state index contributed by atoms with van der Waals surface area (Å²) in [5.74, 6) is 0. The average molecular weight is 661 g/mol.